The van der Waals surface area contributed by atoms with Crippen LogP contribution in [0.15, 0.2) is 36.4 Å². The molecule has 0 spiro atoms. The molecule has 35 heavy (non-hydrogen) atoms. The molecule has 5 rings (SSSR count). The number of hydrogen-bond donors (Lipinski definition) is 3. The van der Waals surface area contributed by atoms with Gasteiger partial charge in [0.25, 0.3) is 0 Å². The topological polar surface area (TPSA) is 125 Å². The van der Waals surface area contributed by atoms with Gasteiger partial charge in [-0.05, 0) is 42.3 Å². The van der Waals surface area contributed by atoms with E-state index in [-0.39, 0.29) is 56.4 Å². The van der Waals surface area contributed by atoms with Gasteiger partial charge in [-0.15, -0.1) is 0 Å². The first kappa shape index (κ1) is 23.4. The Balaban J connectivity index is 1.22. The van der Waals surface area contributed by atoms with Gasteiger partial charge in [0.2, 0.25) is 18.6 Å². The van der Waals surface area contributed by atoms with E-state index in [9.17, 15) is 14.7 Å². The fourth-order valence-corrected chi connectivity index (χ4v) is 4.83. The van der Waals surface area contributed by atoms with Crippen molar-refractivity contribution in [2.75, 3.05) is 32.4 Å². The molecule has 0 radical (unpaired) electrons. The van der Waals surface area contributed by atoms with Crippen molar-refractivity contribution in [1.82, 2.24) is 5.32 Å². The van der Waals surface area contributed by atoms with Gasteiger partial charge in [0.05, 0.1) is 19.1 Å². The number of aliphatic hydroxyl groups excluding tert-OH is 1. The van der Waals surface area contributed by atoms with Gasteiger partial charge in [0.1, 0.15) is 24.6 Å². The maximum absolute atomic E-state index is 12.7. The first-order valence-electron chi connectivity index (χ1n) is 11.5. The predicted octanol–water partition coefficient (Wildman–Crippen LogP) is 1.70. The number of nitrogens with one attached hydrogen (secondary N) is 2. The molecule has 3 heterocycles. The van der Waals surface area contributed by atoms with Gasteiger partial charge in [0.15, 0.2) is 11.5 Å². The van der Waals surface area contributed by atoms with E-state index in [1.165, 1.54) is 7.11 Å². The van der Waals surface area contributed by atoms with Crippen LogP contribution in [-0.4, -0.2) is 62.3 Å². The third-order valence-corrected chi connectivity index (χ3v) is 6.40. The summed E-state index contributed by atoms with van der Waals surface area (Å²) in [5.41, 5.74) is 2.47. The molecule has 186 valence electrons. The lowest BCUT2D eigenvalue weighted by atomic mass is 9.84. The molecule has 0 aromatic heterocycles. The Kier molecular flexibility index (Phi) is 6.76. The van der Waals surface area contributed by atoms with Crippen LogP contribution in [0.3, 0.4) is 0 Å². The Bertz CT molecular complexity index is 1110. The number of ether oxygens (including phenoxy) is 5. The van der Waals surface area contributed by atoms with Crippen LogP contribution in [-0.2, 0) is 25.6 Å². The fourth-order valence-electron chi connectivity index (χ4n) is 4.83. The predicted molar refractivity (Wildman–Crippen MR) is 123 cm³/mol. The Morgan fingerprint density at radius 2 is 1.91 bits per heavy atom. The summed E-state index contributed by atoms with van der Waals surface area (Å²) in [4.78, 5) is 24.6. The zero-order valence-electron chi connectivity index (χ0n) is 19.3. The molecule has 10 nitrogen and oxygen atoms in total. The summed E-state index contributed by atoms with van der Waals surface area (Å²) in [7, 11) is 1.46. The highest BCUT2D eigenvalue weighted by molar-refractivity contribution is 5.92. The van der Waals surface area contributed by atoms with Crippen molar-refractivity contribution in [3.8, 4) is 17.2 Å². The van der Waals surface area contributed by atoms with Gasteiger partial charge in [-0.1, -0.05) is 6.07 Å². The van der Waals surface area contributed by atoms with Crippen LogP contribution < -0.4 is 24.8 Å². The Hall–Kier alpha value is -3.34. The molecule has 1 fully saturated rings. The van der Waals surface area contributed by atoms with Gasteiger partial charge < -0.3 is 39.4 Å². The fraction of sp³-hybridized carbons (Fsp3) is 0.440. The first-order valence-corrected chi connectivity index (χ1v) is 11.5. The van der Waals surface area contributed by atoms with Gasteiger partial charge in [-0.2, -0.15) is 0 Å². The van der Waals surface area contributed by atoms with Crippen LogP contribution in [0.4, 0.5) is 5.69 Å². The van der Waals surface area contributed by atoms with Crippen LogP contribution >= 0.6 is 0 Å². The number of benzene rings is 2. The summed E-state index contributed by atoms with van der Waals surface area (Å²) in [5, 5.41) is 15.7. The van der Waals surface area contributed by atoms with E-state index < -0.39 is 6.10 Å². The normalized spacial score (nSPS) is 23.7. The van der Waals surface area contributed by atoms with E-state index >= 15 is 0 Å². The van der Waals surface area contributed by atoms with Crippen molar-refractivity contribution in [3.63, 3.8) is 0 Å². The highest BCUT2D eigenvalue weighted by Crippen LogP contribution is 2.47. The molecular formula is C25H28N2O8. The van der Waals surface area contributed by atoms with Crippen molar-refractivity contribution in [2.24, 2.45) is 0 Å². The number of carbonyl (C=O) groups is 2. The Labute approximate surface area is 202 Å². The van der Waals surface area contributed by atoms with E-state index in [0.717, 1.165) is 11.1 Å². The minimum absolute atomic E-state index is 0.0382. The van der Waals surface area contributed by atoms with Crippen molar-refractivity contribution in [1.29, 1.82) is 0 Å². The average molecular weight is 485 g/mol. The lowest BCUT2D eigenvalue weighted by Crippen LogP contribution is -2.47. The van der Waals surface area contributed by atoms with E-state index in [1.807, 2.05) is 24.3 Å². The molecule has 3 aliphatic heterocycles. The molecule has 0 saturated carbocycles. The molecule has 0 aliphatic carbocycles. The average Bonchev–Trinajstić information content (AvgIpc) is 3.46. The van der Waals surface area contributed by atoms with E-state index in [4.69, 9.17) is 23.7 Å². The van der Waals surface area contributed by atoms with Crippen LogP contribution in [0.5, 0.6) is 17.2 Å². The monoisotopic (exact) mass is 484 g/mol. The zero-order chi connectivity index (χ0) is 24.4. The van der Waals surface area contributed by atoms with Crippen molar-refractivity contribution < 1.29 is 38.4 Å². The number of methoxy groups -OCH3 is 1. The van der Waals surface area contributed by atoms with Gasteiger partial charge in [0, 0.05) is 30.8 Å². The number of fused-ring (bicyclic) bond motifs is 4. The molecule has 3 N–H and O–H groups in total. The molecule has 0 unspecified atom stereocenters. The molecule has 1 saturated heterocycles. The molecule has 2 aromatic rings. The van der Waals surface area contributed by atoms with Crippen LogP contribution in [0.25, 0.3) is 0 Å². The SMILES string of the molecule is COCC(=O)Nc1ccc2c(c1)[C@@H]1C[C@@H](CC(=O)NCc3ccc4c(c3)OCO4)O[C@@H](CO)[C@@H]1O2. The van der Waals surface area contributed by atoms with Crippen molar-refractivity contribution >= 4 is 17.5 Å². The number of rotatable bonds is 8. The van der Waals surface area contributed by atoms with E-state index in [0.29, 0.717) is 35.9 Å². The van der Waals surface area contributed by atoms with Crippen LogP contribution in [0.2, 0.25) is 0 Å². The molecule has 0 bridgehead atoms. The van der Waals surface area contributed by atoms with Crippen molar-refractivity contribution in [3.05, 3.63) is 47.5 Å². The quantitative estimate of drug-likeness (QED) is 0.517. The second kappa shape index (κ2) is 10.1. The third kappa shape index (κ3) is 5.04. The number of aliphatic hydroxyl groups is 1. The minimum atomic E-state index is -0.556. The Morgan fingerprint density at radius 3 is 2.74 bits per heavy atom. The number of anilines is 1. The van der Waals surface area contributed by atoms with Crippen molar-refractivity contribution in [2.45, 2.75) is 43.6 Å². The molecule has 4 atom stereocenters. The minimum Gasteiger partial charge on any atom is -0.487 e. The lowest BCUT2D eigenvalue weighted by molar-refractivity contribution is -0.142. The van der Waals surface area contributed by atoms with E-state index in [1.54, 1.807) is 12.1 Å². The lowest BCUT2D eigenvalue weighted by Gasteiger charge is -2.37. The smallest absolute Gasteiger partial charge is 0.250 e. The summed E-state index contributed by atoms with van der Waals surface area (Å²) in [5.74, 6) is 1.59. The second-order valence-electron chi connectivity index (χ2n) is 8.81. The molecular weight excluding hydrogens is 456 g/mol. The maximum Gasteiger partial charge on any atom is 0.250 e. The summed E-state index contributed by atoms with van der Waals surface area (Å²) in [6, 6.07) is 11.0. The molecule has 10 heteroatoms. The number of carbonyl (C=O) groups excluding carboxylic acids is 2. The standard InChI is InChI=1S/C25H28N2O8/c1-31-12-24(30)27-15-3-5-19-17(7-15)18-8-16(34-22(11-28)25(18)35-19)9-23(29)26-10-14-2-4-20-21(6-14)33-13-32-20/h2-7,16,18,22,25,28H,8-13H2,1H3,(H,26,29)(H,27,30)/t16-,18-,22-,25+/m0/s1. The molecule has 2 aromatic carbocycles. The van der Waals surface area contributed by atoms with Gasteiger partial charge >= 0.3 is 0 Å². The third-order valence-electron chi connectivity index (χ3n) is 6.40. The summed E-state index contributed by atoms with van der Waals surface area (Å²) in [6.07, 6.45) is -0.580. The van der Waals surface area contributed by atoms with E-state index in [2.05, 4.69) is 10.6 Å². The maximum atomic E-state index is 12.7. The highest BCUT2D eigenvalue weighted by atomic mass is 16.7. The summed E-state index contributed by atoms with van der Waals surface area (Å²) >= 11 is 0. The number of amides is 2. The number of hydrogen-bond acceptors (Lipinski definition) is 8. The second-order valence-corrected chi connectivity index (χ2v) is 8.81. The van der Waals surface area contributed by atoms with Gasteiger partial charge in [-0.3, -0.25) is 9.59 Å². The zero-order valence-corrected chi connectivity index (χ0v) is 19.3. The first-order chi connectivity index (χ1) is 17.0. The highest BCUT2D eigenvalue weighted by Gasteiger charge is 2.46. The van der Waals surface area contributed by atoms with Crippen LogP contribution in [0.1, 0.15) is 29.9 Å². The summed E-state index contributed by atoms with van der Waals surface area (Å²) < 4.78 is 27.7. The Morgan fingerprint density at radius 1 is 1.09 bits per heavy atom. The summed E-state index contributed by atoms with van der Waals surface area (Å²) in [6.45, 7) is 0.297. The largest absolute Gasteiger partial charge is 0.487 e. The molecule has 3 aliphatic rings. The van der Waals surface area contributed by atoms with Gasteiger partial charge in [-0.25, -0.2) is 0 Å². The van der Waals surface area contributed by atoms with Crippen LogP contribution in [0, 0.1) is 0 Å². The molecule has 2 amide bonds.